The van der Waals surface area contributed by atoms with Gasteiger partial charge >= 0.3 is 5.97 Å². The Morgan fingerprint density at radius 1 is 1.07 bits per heavy atom. The van der Waals surface area contributed by atoms with Gasteiger partial charge in [-0.15, -0.1) is 0 Å². The van der Waals surface area contributed by atoms with E-state index < -0.39 is 23.7 Å². The summed E-state index contributed by atoms with van der Waals surface area (Å²) in [4.78, 5) is 28.1. The van der Waals surface area contributed by atoms with Crippen molar-refractivity contribution in [1.29, 1.82) is 0 Å². The number of hydrogen-bond donors (Lipinski definition) is 2. The number of benzene rings is 2. The van der Waals surface area contributed by atoms with Gasteiger partial charge in [0.15, 0.2) is 0 Å². The highest BCUT2D eigenvalue weighted by Gasteiger charge is 2.20. The normalized spacial score (nSPS) is 11.6. The largest absolute Gasteiger partial charge is 0.481 e. The van der Waals surface area contributed by atoms with Gasteiger partial charge in [-0.3, -0.25) is 9.59 Å². The molecular weight excluding hydrogens is 383 g/mol. The van der Waals surface area contributed by atoms with E-state index in [0.29, 0.717) is 16.3 Å². The van der Waals surface area contributed by atoms with Crippen LogP contribution in [0.3, 0.4) is 0 Å². The first-order valence-corrected chi connectivity index (χ1v) is 8.82. The SMILES string of the molecule is O=C(O)CC(NC(=O)c1cccc(-c2ccccc2F)n1)c1cccc(Cl)c1. The van der Waals surface area contributed by atoms with Crippen molar-refractivity contribution in [1.82, 2.24) is 10.3 Å². The van der Waals surface area contributed by atoms with E-state index >= 15 is 0 Å². The molecule has 0 fully saturated rings. The smallest absolute Gasteiger partial charge is 0.305 e. The molecule has 0 radical (unpaired) electrons. The predicted octanol–water partition coefficient (Wildman–Crippen LogP) is 4.49. The van der Waals surface area contributed by atoms with Gasteiger partial charge in [-0.05, 0) is 42.0 Å². The topological polar surface area (TPSA) is 79.3 Å². The molecule has 2 aromatic carbocycles. The Labute approximate surface area is 165 Å². The van der Waals surface area contributed by atoms with Crippen LogP contribution in [-0.4, -0.2) is 22.0 Å². The molecule has 1 atom stereocenters. The molecule has 0 aliphatic heterocycles. The zero-order valence-corrected chi connectivity index (χ0v) is 15.4. The van der Waals surface area contributed by atoms with Crippen LogP contribution in [0.4, 0.5) is 4.39 Å². The van der Waals surface area contributed by atoms with Gasteiger partial charge in [0.05, 0.1) is 18.2 Å². The Hall–Kier alpha value is -3.25. The zero-order chi connectivity index (χ0) is 20.1. The maximum Gasteiger partial charge on any atom is 0.305 e. The number of carbonyl (C=O) groups excluding carboxylic acids is 1. The number of rotatable bonds is 6. The van der Waals surface area contributed by atoms with Crippen molar-refractivity contribution >= 4 is 23.5 Å². The molecule has 1 heterocycles. The Morgan fingerprint density at radius 2 is 1.82 bits per heavy atom. The van der Waals surface area contributed by atoms with Crippen molar-refractivity contribution in [3.8, 4) is 11.3 Å². The second-order valence-corrected chi connectivity index (χ2v) is 6.50. The van der Waals surface area contributed by atoms with Gasteiger partial charge in [0.1, 0.15) is 11.5 Å². The van der Waals surface area contributed by atoms with Crippen LogP contribution in [0.2, 0.25) is 5.02 Å². The molecule has 5 nitrogen and oxygen atoms in total. The highest BCUT2D eigenvalue weighted by molar-refractivity contribution is 6.30. The number of aliphatic carboxylic acids is 1. The van der Waals surface area contributed by atoms with E-state index in [2.05, 4.69) is 10.3 Å². The lowest BCUT2D eigenvalue weighted by Crippen LogP contribution is -2.30. The second-order valence-electron chi connectivity index (χ2n) is 6.07. The van der Waals surface area contributed by atoms with Crippen LogP contribution >= 0.6 is 11.6 Å². The summed E-state index contributed by atoms with van der Waals surface area (Å²) < 4.78 is 14.0. The number of amides is 1. The van der Waals surface area contributed by atoms with Crippen LogP contribution in [0.15, 0.2) is 66.7 Å². The third kappa shape index (κ3) is 4.72. The minimum atomic E-state index is -1.07. The van der Waals surface area contributed by atoms with Crippen LogP contribution in [0.5, 0.6) is 0 Å². The lowest BCUT2D eigenvalue weighted by Gasteiger charge is -2.17. The first-order chi connectivity index (χ1) is 13.4. The number of nitrogens with one attached hydrogen (secondary N) is 1. The highest BCUT2D eigenvalue weighted by atomic mass is 35.5. The predicted molar refractivity (Wildman–Crippen MR) is 104 cm³/mol. The van der Waals surface area contributed by atoms with E-state index in [0.717, 1.165) is 0 Å². The molecule has 3 aromatic rings. The molecule has 1 aromatic heterocycles. The standard InChI is InChI=1S/C21H16ClFN2O3/c22-14-6-3-5-13(11-14)19(12-20(26)27)25-21(28)18-10-4-9-17(24-18)15-7-1-2-8-16(15)23/h1-11,19H,12H2,(H,25,28)(H,26,27). The minimum Gasteiger partial charge on any atom is -0.481 e. The molecule has 0 bridgehead atoms. The molecule has 142 valence electrons. The average molecular weight is 399 g/mol. The summed E-state index contributed by atoms with van der Waals surface area (Å²) in [5, 5.41) is 12.3. The van der Waals surface area contributed by atoms with Gasteiger partial charge in [-0.2, -0.15) is 0 Å². The van der Waals surface area contributed by atoms with E-state index in [4.69, 9.17) is 11.6 Å². The Bertz CT molecular complexity index is 1030. The van der Waals surface area contributed by atoms with Crippen molar-refractivity contribution < 1.29 is 19.1 Å². The number of carboxylic acids is 1. The van der Waals surface area contributed by atoms with E-state index in [9.17, 15) is 19.1 Å². The van der Waals surface area contributed by atoms with Gasteiger partial charge in [0.2, 0.25) is 0 Å². The van der Waals surface area contributed by atoms with Crippen LogP contribution in [-0.2, 0) is 4.79 Å². The molecule has 1 unspecified atom stereocenters. The number of carbonyl (C=O) groups is 2. The third-order valence-electron chi connectivity index (χ3n) is 4.07. The number of nitrogens with zero attached hydrogens (tertiary/aromatic N) is 1. The first kappa shape index (κ1) is 19.5. The van der Waals surface area contributed by atoms with Crippen LogP contribution < -0.4 is 5.32 Å². The summed E-state index contributed by atoms with van der Waals surface area (Å²) in [7, 11) is 0. The number of pyridine rings is 1. The fourth-order valence-corrected chi connectivity index (χ4v) is 2.96. The summed E-state index contributed by atoms with van der Waals surface area (Å²) >= 11 is 5.97. The van der Waals surface area contributed by atoms with Gasteiger partial charge in [0.25, 0.3) is 5.91 Å². The summed E-state index contributed by atoms with van der Waals surface area (Å²) in [6.07, 6.45) is -0.320. The van der Waals surface area contributed by atoms with Gasteiger partial charge < -0.3 is 10.4 Å². The Morgan fingerprint density at radius 3 is 2.54 bits per heavy atom. The van der Waals surface area contributed by atoms with Crippen LogP contribution in [0.25, 0.3) is 11.3 Å². The molecular formula is C21H16ClFN2O3. The van der Waals surface area contributed by atoms with E-state index in [-0.39, 0.29) is 17.7 Å². The minimum absolute atomic E-state index is 0.0539. The van der Waals surface area contributed by atoms with Gasteiger partial charge in [-0.25, -0.2) is 9.37 Å². The van der Waals surface area contributed by atoms with Gasteiger partial charge in [-0.1, -0.05) is 41.9 Å². The Kier molecular flexibility index (Phi) is 6.01. The molecule has 0 aliphatic rings. The maximum absolute atomic E-state index is 14.0. The van der Waals surface area contributed by atoms with Crippen molar-refractivity contribution in [3.05, 3.63) is 88.8 Å². The molecule has 2 N–H and O–H groups in total. The lowest BCUT2D eigenvalue weighted by atomic mass is 10.0. The molecule has 0 saturated heterocycles. The van der Waals surface area contributed by atoms with E-state index in [1.807, 2.05) is 0 Å². The third-order valence-corrected chi connectivity index (χ3v) is 4.30. The summed E-state index contributed by atoms with van der Waals surface area (Å²) in [5.41, 5.74) is 1.20. The fraction of sp³-hybridized carbons (Fsp3) is 0.0952. The first-order valence-electron chi connectivity index (χ1n) is 8.44. The van der Waals surface area contributed by atoms with Crippen molar-refractivity contribution in [2.24, 2.45) is 0 Å². The highest BCUT2D eigenvalue weighted by Crippen LogP contribution is 2.23. The van der Waals surface area contributed by atoms with Crippen molar-refractivity contribution in [2.75, 3.05) is 0 Å². The Balaban J connectivity index is 1.87. The van der Waals surface area contributed by atoms with E-state index in [1.165, 1.54) is 12.1 Å². The molecule has 3 rings (SSSR count). The molecule has 28 heavy (non-hydrogen) atoms. The summed E-state index contributed by atoms with van der Waals surface area (Å²) in [6.45, 7) is 0. The molecule has 0 saturated carbocycles. The maximum atomic E-state index is 14.0. The van der Waals surface area contributed by atoms with Crippen molar-refractivity contribution in [2.45, 2.75) is 12.5 Å². The van der Waals surface area contributed by atoms with Crippen molar-refractivity contribution in [3.63, 3.8) is 0 Å². The molecule has 0 aliphatic carbocycles. The lowest BCUT2D eigenvalue weighted by molar-refractivity contribution is -0.137. The summed E-state index contributed by atoms with van der Waals surface area (Å²) in [6, 6.07) is 16.6. The summed E-state index contributed by atoms with van der Waals surface area (Å²) in [5.74, 6) is -2.09. The second kappa shape index (κ2) is 8.63. The number of halogens is 2. The molecule has 7 heteroatoms. The number of hydrogen-bond acceptors (Lipinski definition) is 3. The monoisotopic (exact) mass is 398 g/mol. The molecule has 0 spiro atoms. The quantitative estimate of drug-likeness (QED) is 0.641. The number of aromatic nitrogens is 1. The molecule has 1 amide bonds. The average Bonchev–Trinajstić information content (AvgIpc) is 2.67. The van der Waals surface area contributed by atoms with E-state index in [1.54, 1.807) is 54.6 Å². The van der Waals surface area contributed by atoms with Crippen LogP contribution in [0.1, 0.15) is 28.5 Å². The van der Waals surface area contributed by atoms with Crippen LogP contribution in [0, 0.1) is 5.82 Å². The number of carboxylic acid groups (broad SMARTS) is 1. The van der Waals surface area contributed by atoms with Gasteiger partial charge in [0, 0.05) is 10.6 Å². The zero-order valence-electron chi connectivity index (χ0n) is 14.6. The fourth-order valence-electron chi connectivity index (χ4n) is 2.76.